The first kappa shape index (κ1) is 22.2. The fourth-order valence-electron chi connectivity index (χ4n) is 4.03. The lowest BCUT2D eigenvalue weighted by molar-refractivity contribution is -0.137. The van der Waals surface area contributed by atoms with Gasteiger partial charge >= 0.3 is 6.18 Å². The third-order valence-corrected chi connectivity index (χ3v) is 5.92. The van der Waals surface area contributed by atoms with E-state index in [9.17, 15) is 13.2 Å². The van der Waals surface area contributed by atoms with E-state index in [2.05, 4.69) is 49.1 Å². The van der Waals surface area contributed by atoms with Crippen molar-refractivity contribution in [2.45, 2.75) is 64.0 Å². The first-order valence-corrected chi connectivity index (χ1v) is 10.9. The predicted octanol–water partition coefficient (Wildman–Crippen LogP) is 7.93. The summed E-state index contributed by atoms with van der Waals surface area (Å²) in [7, 11) is 0. The lowest BCUT2D eigenvalue weighted by Crippen LogP contribution is -2.11. The Morgan fingerprint density at radius 1 is 0.933 bits per heavy atom. The van der Waals surface area contributed by atoms with Gasteiger partial charge in [-0.25, -0.2) is 0 Å². The largest absolute Gasteiger partial charge is 0.416 e. The summed E-state index contributed by atoms with van der Waals surface area (Å²) < 4.78 is 37.7. The third-order valence-electron chi connectivity index (χ3n) is 5.92. The number of hydrogen-bond donors (Lipinski definition) is 0. The molecular weight excluding hydrogens is 381 g/mol. The molecule has 0 amide bonds. The SMILES string of the molecule is CCCCc1ccc(C2CCC(C=CC#Cc3ccc(C(F)(F)F)cc3)CC2)cc1. The fraction of sp³-hybridized carbons (Fsp3) is 0.407. The summed E-state index contributed by atoms with van der Waals surface area (Å²) >= 11 is 0. The molecule has 0 nitrogen and oxygen atoms in total. The number of allylic oxidation sites excluding steroid dienone is 2. The fourth-order valence-corrected chi connectivity index (χ4v) is 4.03. The summed E-state index contributed by atoms with van der Waals surface area (Å²) in [6.07, 6.45) is 8.04. The number of halogens is 3. The Kier molecular flexibility index (Phi) is 7.80. The first-order valence-electron chi connectivity index (χ1n) is 10.9. The van der Waals surface area contributed by atoms with Gasteiger partial charge < -0.3 is 0 Å². The maximum absolute atomic E-state index is 12.6. The average Bonchev–Trinajstić information content (AvgIpc) is 2.76. The Balaban J connectivity index is 1.47. The van der Waals surface area contributed by atoms with Crippen molar-refractivity contribution in [1.29, 1.82) is 0 Å². The van der Waals surface area contributed by atoms with E-state index in [1.165, 1.54) is 55.4 Å². The Hall–Kier alpha value is -2.47. The molecule has 158 valence electrons. The minimum absolute atomic E-state index is 0.534. The van der Waals surface area contributed by atoms with Crippen molar-refractivity contribution in [3.63, 3.8) is 0 Å². The molecule has 0 unspecified atom stereocenters. The molecule has 0 aromatic heterocycles. The molecule has 2 aromatic rings. The lowest BCUT2D eigenvalue weighted by Gasteiger charge is -2.27. The molecule has 0 saturated heterocycles. The second-order valence-electron chi connectivity index (χ2n) is 8.16. The Morgan fingerprint density at radius 3 is 2.20 bits per heavy atom. The van der Waals surface area contributed by atoms with Crippen LogP contribution < -0.4 is 0 Å². The number of rotatable bonds is 5. The van der Waals surface area contributed by atoms with Gasteiger partial charge in [0.05, 0.1) is 5.56 Å². The van der Waals surface area contributed by atoms with E-state index < -0.39 is 11.7 Å². The van der Waals surface area contributed by atoms with Gasteiger partial charge in [-0.15, -0.1) is 0 Å². The topological polar surface area (TPSA) is 0 Å². The molecular formula is C27H29F3. The van der Waals surface area contributed by atoms with Crippen LogP contribution in [0.15, 0.2) is 60.7 Å². The van der Waals surface area contributed by atoms with E-state index in [4.69, 9.17) is 0 Å². The van der Waals surface area contributed by atoms with Crippen LogP contribution in [0.2, 0.25) is 0 Å². The molecule has 0 heterocycles. The Bertz CT molecular complexity index is 869. The zero-order chi connectivity index (χ0) is 21.4. The summed E-state index contributed by atoms with van der Waals surface area (Å²) in [6.45, 7) is 2.22. The van der Waals surface area contributed by atoms with Crippen LogP contribution in [0.1, 0.15) is 73.6 Å². The number of benzene rings is 2. The molecule has 0 N–H and O–H groups in total. The first-order chi connectivity index (χ1) is 14.5. The average molecular weight is 411 g/mol. The van der Waals surface area contributed by atoms with Crippen molar-refractivity contribution in [2.24, 2.45) is 5.92 Å². The zero-order valence-corrected chi connectivity index (χ0v) is 17.5. The molecule has 3 heteroatoms. The number of aryl methyl sites for hydroxylation is 1. The summed E-state index contributed by atoms with van der Waals surface area (Å²) in [5.74, 6) is 7.05. The van der Waals surface area contributed by atoms with E-state index in [1.54, 1.807) is 0 Å². The summed E-state index contributed by atoms with van der Waals surface area (Å²) in [5.41, 5.74) is 2.85. The number of alkyl halides is 3. The standard InChI is InChI=1S/C27H29F3/c1-2-3-6-21-9-15-24(16-10-21)25-17-11-22(12-18-25)7-4-5-8-23-13-19-26(20-14-23)27(28,29)30/h4,7,9-10,13-16,19-20,22,25H,2-3,6,11-12,17-18H2,1H3. The summed E-state index contributed by atoms with van der Waals surface area (Å²) in [4.78, 5) is 0. The smallest absolute Gasteiger partial charge is 0.166 e. The zero-order valence-electron chi connectivity index (χ0n) is 17.5. The number of hydrogen-bond acceptors (Lipinski definition) is 0. The van der Waals surface area contributed by atoms with E-state index in [-0.39, 0.29) is 0 Å². The van der Waals surface area contributed by atoms with Crippen LogP contribution in [0.25, 0.3) is 0 Å². The van der Waals surface area contributed by atoms with Crippen molar-refractivity contribution in [3.05, 3.63) is 82.9 Å². The van der Waals surface area contributed by atoms with Gasteiger partial charge in [0.1, 0.15) is 0 Å². The monoisotopic (exact) mass is 410 g/mol. The molecule has 1 aliphatic carbocycles. The normalized spacial score (nSPS) is 19.5. The minimum Gasteiger partial charge on any atom is -0.166 e. The van der Waals surface area contributed by atoms with Gasteiger partial charge in [0.2, 0.25) is 0 Å². The molecule has 2 aromatic carbocycles. The molecule has 1 saturated carbocycles. The van der Waals surface area contributed by atoms with Gasteiger partial charge in [0.15, 0.2) is 0 Å². The van der Waals surface area contributed by atoms with E-state index in [0.29, 0.717) is 17.4 Å². The molecule has 0 radical (unpaired) electrons. The van der Waals surface area contributed by atoms with E-state index >= 15 is 0 Å². The van der Waals surface area contributed by atoms with Gasteiger partial charge in [-0.1, -0.05) is 55.5 Å². The quantitative estimate of drug-likeness (QED) is 0.439. The highest BCUT2D eigenvalue weighted by molar-refractivity contribution is 5.39. The van der Waals surface area contributed by atoms with Gasteiger partial charge in [-0.2, -0.15) is 13.2 Å². The lowest BCUT2D eigenvalue weighted by atomic mass is 9.78. The highest BCUT2D eigenvalue weighted by Crippen LogP contribution is 2.36. The molecule has 0 bridgehead atoms. The van der Waals surface area contributed by atoms with Crippen LogP contribution in [0, 0.1) is 17.8 Å². The molecule has 0 atom stereocenters. The highest BCUT2D eigenvalue weighted by Gasteiger charge is 2.29. The molecule has 3 rings (SSSR count). The third kappa shape index (κ3) is 6.52. The Labute approximate surface area is 178 Å². The van der Waals surface area contributed by atoms with Gasteiger partial charge in [-0.05, 0) is 91.8 Å². The van der Waals surface area contributed by atoms with Crippen LogP contribution in [0.3, 0.4) is 0 Å². The van der Waals surface area contributed by atoms with E-state index in [0.717, 1.165) is 25.0 Å². The number of unbranched alkanes of at least 4 members (excludes halogenated alkanes) is 1. The van der Waals surface area contributed by atoms with Crippen molar-refractivity contribution in [2.75, 3.05) is 0 Å². The second-order valence-corrected chi connectivity index (χ2v) is 8.16. The summed E-state index contributed by atoms with van der Waals surface area (Å²) in [6, 6.07) is 14.2. The molecule has 1 fully saturated rings. The van der Waals surface area contributed by atoms with Crippen molar-refractivity contribution in [1.82, 2.24) is 0 Å². The van der Waals surface area contributed by atoms with Crippen molar-refractivity contribution >= 4 is 0 Å². The van der Waals surface area contributed by atoms with Crippen LogP contribution >= 0.6 is 0 Å². The van der Waals surface area contributed by atoms with Crippen LogP contribution in [0.5, 0.6) is 0 Å². The second kappa shape index (κ2) is 10.5. The van der Waals surface area contributed by atoms with Gasteiger partial charge in [0, 0.05) is 5.56 Å². The van der Waals surface area contributed by atoms with Crippen molar-refractivity contribution < 1.29 is 13.2 Å². The van der Waals surface area contributed by atoms with Gasteiger partial charge in [0.25, 0.3) is 0 Å². The Morgan fingerprint density at radius 2 is 1.60 bits per heavy atom. The summed E-state index contributed by atoms with van der Waals surface area (Å²) in [5, 5.41) is 0. The minimum atomic E-state index is -4.30. The predicted molar refractivity (Wildman–Crippen MR) is 117 cm³/mol. The molecule has 0 aliphatic heterocycles. The maximum atomic E-state index is 12.6. The molecule has 1 aliphatic rings. The van der Waals surface area contributed by atoms with E-state index in [1.807, 2.05) is 6.08 Å². The van der Waals surface area contributed by atoms with Crippen LogP contribution in [0.4, 0.5) is 13.2 Å². The van der Waals surface area contributed by atoms with Crippen LogP contribution in [-0.4, -0.2) is 0 Å². The van der Waals surface area contributed by atoms with Crippen molar-refractivity contribution in [3.8, 4) is 11.8 Å². The highest BCUT2D eigenvalue weighted by atomic mass is 19.4. The molecule has 30 heavy (non-hydrogen) atoms. The molecule has 0 spiro atoms. The van der Waals surface area contributed by atoms with Crippen LogP contribution in [-0.2, 0) is 12.6 Å². The maximum Gasteiger partial charge on any atom is 0.416 e. The van der Waals surface area contributed by atoms with Gasteiger partial charge in [-0.3, -0.25) is 0 Å².